The lowest BCUT2D eigenvalue weighted by Gasteiger charge is -2.35. The lowest BCUT2D eigenvalue weighted by atomic mass is 10.1. The van der Waals surface area contributed by atoms with Crippen molar-refractivity contribution >= 4 is 46.6 Å². The van der Waals surface area contributed by atoms with Crippen LogP contribution in [0, 0.1) is 0 Å². The fourth-order valence-corrected chi connectivity index (χ4v) is 3.41. The fourth-order valence-electron chi connectivity index (χ4n) is 2.79. The number of hydrogen-bond acceptors (Lipinski definition) is 5. The highest BCUT2D eigenvalue weighted by Crippen LogP contribution is 2.35. The van der Waals surface area contributed by atoms with Crippen molar-refractivity contribution < 1.29 is 24.2 Å². The molecule has 2 aromatic rings. The van der Waals surface area contributed by atoms with Crippen molar-refractivity contribution in [2.24, 2.45) is 0 Å². The van der Waals surface area contributed by atoms with Gasteiger partial charge in [0.2, 0.25) is 5.91 Å². The van der Waals surface area contributed by atoms with Crippen LogP contribution in [0.25, 0.3) is 6.08 Å². The Hall–Kier alpha value is -2.97. The van der Waals surface area contributed by atoms with Crippen LogP contribution < -0.4 is 9.80 Å². The van der Waals surface area contributed by atoms with Gasteiger partial charge in [-0.05, 0) is 35.7 Å². The van der Waals surface area contributed by atoms with E-state index in [4.69, 9.17) is 4.74 Å². The number of carbonyl (C=O) groups excluding carboxylic acids is 2. The Kier molecular flexibility index (Phi) is 5.68. The molecular weight excluding hydrogens is 368 g/mol. The molecule has 1 N–H and O–H groups in total. The van der Waals surface area contributed by atoms with E-state index in [2.05, 4.69) is 0 Å². The molecule has 0 unspecified atom stereocenters. The second-order valence-corrected chi connectivity index (χ2v) is 6.80. The number of aromatic carboxylic acids is 1. The largest absolute Gasteiger partial charge is 0.478 e. The van der Waals surface area contributed by atoms with Crippen molar-refractivity contribution in [3.05, 3.63) is 52.2 Å². The van der Waals surface area contributed by atoms with Crippen molar-refractivity contribution in [1.82, 2.24) is 0 Å². The van der Waals surface area contributed by atoms with Crippen LogP contribution in [-0.2, 0) is 14.3 Å². The van der Waals surface area contributed by atoms with Crippen molar-refractivity contribution in [3.8, 4) is 0 Å². The molecule has 0 fully saturated rings. The number of fused-ring (bicyclic) bond motifs is 1. The predicted molar refractivity (Wildman–Crippen MR) is 103 cm³/mol. The van der Waals surface area contributed by atoms with Crippen molar-refractivity contribution in [2.75, 3.05) is 36.6 Å². The van der Waals surface area contributed by atoms with Gasteiger partial charge in [-0.1, -0.05) is 6.07 Å². The summed E-state index contributed by atoms with van der Waals surface area (Å²) >= 11 is 1.49. The van der Waals surface area contributed by atoms with Crippen LogP contribution in [0.3, 0.4) is 0 Å². The second kappa shape index (κ2) is 8.15. The zero-order valence-corrected chi connectivity index (χ0v) is 15.4. The first-order chi connectivity index (χ1) is 13.0. The molecule has 27 heavy (non-hydrogen) atoms. The minimum Gasteiger partial charge on any atom is -0.478 e. The second-order valence-electron chi connectivity index (χ2n) is 5.82. The Morgan fingerprint density at radius 3 is 2.78 bits per heavy atom. The van der Waals surface area contributed by atoms with E-state index in [1.165, 1.54) is 46.5 Å². The molecule has 8 heteroatoms. The van der Waals surface area contributed by atoms with Crippen LogP contribution in [0.1, 0.15) is 15.2 Å². The number of ether oxygens (including phenoxy) is 1. The van der Waals surface area contributed by atoms with E-state index in [0.717, 1.165) is 4.88 Å². The van der Waals surface area contributed by atoms with Gasteiger partial charge in [-0.25, -0.2) is 4.79 Å². The summed E-state index contributed by atoms with van der Waals surface area (Å²) in [5.74, 6) is -1.73. The third-order valence-corrected chi connectivity index (χ3v) is 4.95. The first-order valence-corrected chi connectivity index (χ1v) is 9.09. The molecule has 0 saturated carbocycles. The van der Waals surface area contributed by atoms with Crippen LogP contribution in [0.5, 0.6) is 0 Å². The first kappa shape index (κ1) is 18.8. The van der Waals surface area contributed by atoms with E-state index in [-0.39, 0.29) is 23.9 Å². The lowest BCUT2D eigenvalue weighted by Crippen LogP contribution is -2.48. The van der Waals surface area contributed by atoms with Gasteiger partial charge in [0.15, 0.2) is 0 Å². The summed E-state index contributed by atoms with van der Waals surface area (Å²) in [6.45, 7) is 0.493. The predicted octanol–water partition coefficient (Wildman–Crippen LogP) is 2.49. The third kappa shape index (κ3) is 4.07. The number of anilines is 2. The number of carbonyl (C=O) groups is 3. The van der Waals surface area contributed by atoms with Gasteiger partial charge in [0.05, 0.1) is 23.5 Å². The summed E-state index contributed by atoms with van der Waals surface area (Å²) in [6.07, 6.45) is 3.07. The number of amides is 2. The summed E-state index contributed by atoms with van der Waals surface area (Å²) in [7, 11) is 1.54. The number of hydrogen-bond donors (Lipinski definition) is 1. The summed E-state index contributed by atoms with van der Waals surface area (Å²) < 4.78 is 5.05. The zero-order valence-electron chi connectivity index (χ0n) is 14.6. The molecule has 1 aliphatic heterocycles. The molecule has 1 aromatic carbocycles. The molecule has 2 heterocycles. The number of rotatable bonds is 6. The summed E-state index contributed by atoms with van der Waals surface area (Å²) in [5.41, 5.74) is 0.937. The monoisotopic (exact) mass is 386 g/mol. The van der Waals surface area contributed by atoms with Crippen LogP contribution in [0.4, 0.5) is 11.4 Å². The van der Waals surface area contributed by atoms with Gasteiger partial charge in [-0.3, -0.25) is 14.5 Å². The summed E-state index contributed by atoms with van der Waals surface area (Å²) in [5, 5.41) is 11.2. The topological polar surface area (TPSA) is 87.2 Å². The maximum atomic E-state index is 12.7. The van der Waals surface area contributed by atoms with Gasteiger partial charge >= 0.3 is 5.97 Å². The number of thiophene rings is 1. The molecule has 140 valence electrons. The summed E-state index contributed by atoms with van der Waals surface area (Å²) in [6, 6.07) is 8.14. The normalized spacial score (nSPS) is 13.9. The number of benzene rings is 1. The number of carboxylic acid groups (broad SMARTS) is 1. The maximum absolute atomic E-state index is 12.7. The zero-order chi connectivity index (χ0) is 19.4. The van der Waals surface area contributed by atoms with Crippen LogP contribution in [0.15, 0.2) is 41.8 Å². The minimum absolute atomic E-state index is 0.0508. The highest BCUT2D eigenvalue weighted by Gasteiger charge is 2.32. The molecule has 3 rings (SSSR count). The van der Waals surface area contributed by atoms with E-state index in [9.17, 15) is 19.5 Å². The van der Waals surface area contributed by atoms with Gasteiger partial charge in [-0.15, -0.1) is 11.3 Å². The third-order valence-electron chi connectivity index (χ3n) is 4.12. The molecule has 0 atom stereocenters. The Morgan fingerprint density at radius 2 is 2.11 bits per heavy atom. The van der Waals surface area contributed by atoms with Crippen molar-refractivity contribution in [3.63, 3.8) is 0 Å². The molecular formula is C19H18N2O5S. The molecule has 2 amide bonds. The number of carboxylic acids is 1. The molecule has 0 spiro atoms. The SMILES string of the molecule is COCCN1C(=O)CN(C(=O)/C=C/c2cccs2)c2cc(C(=O)O)ccc21. The van der Waals surface area contributed by atoms with E-state index in [1.807, 2.05) is 17.5 Å². The van der Waals surface area contributed by atoms with Crippen LogP contribution in [0.2, 0.25) is 0 Å². The highest BCUT2D eigenvalue weighted by molar-refractivity contribution is 7.10. The standard InChI is InChI=1S/C19H18N2O5S/c1-26-9-8-20-15-6-4-13(19(24)25)11-16(15)21(12-18(20)23)17(22)7-5-14-3-2-10-27-14/h2-7,10-11H,8-9,12H2,1H3,(H,24,25)/b7-5+. The fraction of sp³-hybridized carbons (Fsp3) is 0.211. The molecule has 0 bridgehead atoms. The van der Waals surface area contributed by atoms with Crippen LogP contribution in [-0.4, -0.2) is 49.7 Å². The smallest absolute Gasteiger partial charge is 0.335 e. The molecule has 7 nitrogen and oxygen atoms in total. The Balaban J connectivity index is 1.97. The van der Waals surface area contributed by atoms with Gasteiger partial charge in [0.25, 0.3) is 5.91 Å². The Bertz CT molecular complexity index is 892. The number of methoxy groups -OCH3 is 1. The molecule has 1 aromatic heterocycles. The lowest BCUT2D eigenvalue weighted by molar-refractivity contribution is -0.121. The Labute approximate surface area is 160 Å². The molecule has 0 saturated heterocycles. The molecule has 0 aliphatic carbocycles. The van der Waals surface area contributed by atoms with Crippen LogP contribution >= 0.6 is 11.3 Å². The van der Waals surface area contributed by atoms with Crippen molar-refractivity contribution in [1.29, 1.82) is 0 Å². The van der Waals surface area contributed by atoms with Gasteiger partial charge in [0.1, 0.15) is 6.54 Å². The minimum atomic E-state index is -1.10. The van der Waals surface area contributed by atoms with Gasteiger partial charge in [0, 0.05) is 24.6 Å². The van der Waals surface area contributed by atoms with Crippen molar-refractivity contribution in [2.45, 2.75) is 0 Å². The first-order valence-electron chi connectivity index (χ1n) is 8.21. The maximum Gasteiger partial charge on any atom is 0.335 e. The number of nitrogens with zero attached hydrogens (tertiary/aromatic N) is 2. The average molecular weight is 386 g/mol. The van der Waals surface area contributed by atoms with E-state index >= 15 is 0 Å². The molecule has 0 radical (unpaired) electrons. The molecule has 1 aliphatic rings. The average Bonchev–Trinajstić information content (AvgIpc) is 3.18. The summed E-state index contributed by atoms with van der Waals surface area (Å²) in [4.78, 5) is 40.3. The van der Waals surface area contributed by atoms with E-state index in [1.54, 1.807) is 12.1 Å². The van der Waals surface area contributed by atoms with E-state index in [0.29, 0.717) is 24.5 Å². The van der Waals surface area contributed by atoms with Gasteiger partial charge in [-0.2, -0.15) is 0 Å². The van der Waals surface area contributed by atoms with Gasteiger partial charge < -0.3 is 14.7 Å². The van der Waals surface area contributed by atoms with E-state index < -0.39 is 5.97 Å². The highest BCUT2D eigenvalue weighted by atomic mass is 32.1. The Morgan fingerprint density at radius 1 is 1.30 bits per heavy atom. The quantitative estimate of drug-likeness (QED) is 0.771.